The van der Waals surface area contributed by atoms with Crippen LogP contribution in [-0.2, 0) is 9.53 Å². The van der Waals surface area contributed by atoms with Crippen LogP contribution in [0.2, 0.25) is 5.15 Å². The highest BCUT2D eigenvalue weighted by Gasteiger charge is 2.58. The lowest BCUT2D eigenvalue weighted by Gasteiger charge is -2.47. The van der Waals surface area contributed by atoms with E-state index in [-0.39, 0.29) is 47.2 Å². The highest BCUT2D eigenvalue weighted by atomic mass is 79.9. The molecule has 1 saturated carbocycles. The topological polar surface area (TPSA) is 74.8 Å². The normalized spacial score (nSPS) is 24.3. The number of benzene rings is 1. The minimum Gasteiger partial charge on any atom is -0.444 e. The number of ether oxygens (including phenoxy) is 1. The van der Waals surface area contributed by atoms with Crippen molar-refractivity contribution in [2.24, 2.45) is 5.92 Å². The summed E-state index contributed by atoms with van der Waals surface area (Å²) >= 11 is 9.68. The van der Waals surface area contributed by atoms with Crippen molar-refractivity contribution in [3.8, 4) is 0 Å². The van der Waals surface area contributed by atoms with Gasteiger partial charge in [-0.05, 0) is 61.7 Å². The van der Waals surface area contributed by atoms with E-state index < -0.39 is 11.4 Å². The number of pyridine rings is 1. The summed E-state index contributed by atoms with van der Waals surface area (Å²) in [6, 6.07) is 1.68. The number of nitrogens with one attached hydrogen (secondary N) is 1. The molecule has 10 heteroatoms. The Balaban J connectivity index is 1.59. The van der Waals surface area contributed by atoms with Crippen LogP contribution in [0.5, 0.6) is 0 Å². The molecule has 3 atom stereocenters. The van der Waals surface area contributed by atoms with Crippen LogP contribution < -0.4 is 10.2 Å². The number of carbonyl (C=O) groups is 2. The van der Waals surface area contributed by atoms with Crippen molar-refractivity contribution in [3.63, 3.8) is 0 Å². The smallest absolute Gasteiger partial charge is 0.410 e. The molecule has 170 valence electrons. The van der Waals surface area contributed by atoms with Gasteiger partial charge < -0.3 is 19.9 Å². The Labute approximate surface area is 198 Å². The lowest BCUT2D eigenvalue weighted by Crippen LogP contribution is -2.59. The maximum atomic E-state index is 15.1. The molecule has 1 N–H and O–H groups in total. The summed E-state index contributed by atoms with van der Waals surface area (Å²) in [5.41, 5.74) is 1.30. The maximum Gasteiger partial charge on any atom is 0.410 e. The number of anilines is 2. The fourth-order valence-corrected chi connectivity index (χ4v) is 5.60. The van der Waals surface area contributed by atoms with Crippen LogP contribution in [0.1, 0.15) is 32.8 Å². The second-order valence-corrected chi connectivity index (χ2v) is 10.9. The third-order valence-corrected chi connectivity index (χ3v) is 7.62. The SMILES string of the molecule is Cc1cc2c3c(c(Cl)nc2c(F)c1Br)NC(=O)CN3C1C2CC1N(C(=O)OC(C)(C)C)C2. The summed E-state index contributed by atoms with van der Waals surface area (Å²) < 4.78 is 21.0. The highest BCUT2D eigenvalue weighted by molar-refractivity contribution is 9.10. The molecule has 4 aliphatic rings. The predicted octanol–water partition coefficient (Wildman–Crippen LogP) is 4.86. The van der Waals surface area contributed by atoms with Crippen LogP contribution >= 0.6 is 27.5 Å². The molecule has 3 aliphatic heterocycles. The number of carbonyl (C=O) groups excluding carboxylic acids is 2. The zero-order valence-electron chi connectivity index (χ0n) is 18.1. The number of aromatic nitrogens is 1. The Kier molecular flexibility index (Phi) is 4.87. The number of hydrogen-bond donors (Lipinski definition) is 1. The zero-order valence-corrected chi connectivity index (χ0v) is 20.5. The molecule has 2 bridgehead atoms. The number of rotatable bonds is 1. The van der Waals surface area contributed by atoms with Gasteiger partial charge in [-0.15, -0.1) is 0 Å². The second kappa shape index (κ2) is 7.18. The van der Waals surface area contributed by atoms with Crippen molar-refractivity contribution in [1.82, 2.24) is 9.88 Å². The first-order valence-corrected chi connectivity index (χ1v) is 11.7. The molecule has 1 aromatic heterocycles. The van der Waals surface area contributed by atoms with Gasteiger partial charge in [0.15, 0.2) is 11.0 Å². The van der Waals surface area contributed by atoms with Crippen molar-refractivity contribution >= 4 is 61.8 Å². The number of aryl methyl sites for hydroxylation is 1. The van der Waals surface area contributed by atoms with E-state index in [2.05, 4.69) is 26.2 Å². The average molecular weight is 526 g/mol. The fourth-order valence-electron chi connectivity index (χ4n) is 5.08. The van der Waals surface area contributed by atoms with Gasteiger partial charge in [-0.25, -0.2) is 14.2 Å². The minimum absolute atomic E-state index is 0.0378. The number of halogens is 3. The summed E-state index contributed by atoms with van der Waals surface area (Å²) in [5, 5.41) is 3.43. The quantitative estimate of drug-likeness (QED) is 0.538. The van der Waals surface area contributed by atoms with E-state index in [4.69, 9.17) is 16.3 Å². The number of amides is 2. The standard InChI is InChI=1S/C22H23BrClFN4O3/c1-9-5-11-16(15(25)14(9)23)27-20(24)17-19(11)29(8-13(30)26-17)18-10-6-12(18)28(7-10)21(31)32-22(2,3)4/h5,10,12,18H,6-8H2,1-4H3,(H,26,30). The summed E-state index contributed by atoms with van der Waals surface area (Å²) in [4.78, 5) is 33.3. The Hall–Kier alpha value is -2.13. The summed E-state index contributed by atoms with van der Waals surface area (Å²) in [7, 11) is 0. The Morgan fingerprint density at radius 2 is 2.12 bits per heavy atom. The van der Waals surface area contributed by atoms with Crippen LogP contribution in [0.4, 0.5) is 20.6 Å². The van der Waals surface area contributed by atoms with Crippen LogP contribution in [-0.4, -0.2) is 52.7 Å². The van der Waals surface area contributed by atoms with Gasteiger partial charge in [-0.2, -0.15) is 0 Å². The van der Waals surface area contributed by atoms with Crippen LogP contribution in [0.25, 0.3) is 10.9 Å². The molecule has 0 radical (unpaired) electrons. The van der Waals surface area contributed by atoms with E-state index in [1.807, 2.05) is 31.7 Å². The summed E-state index contributed by atoms with van der Waals surface area (Å²) in [6.07, 6.45) is 0.491. The fraction of sp³-hybridized carbons (Fsp3) is 0.500. The van der Waals surface area contributed by atoms with Crippen LogP contribution in [0.15, 0.2) is 10.5 Å². The van der Waals surface area contributed by atoms with Crippen molar-refractivity contribution in [1.29, 1.82) is 0 Å². The van der Waals surface area contributed by atoms with Gasteiger partial charge in [0.2, 0.25) is 5.91 Å². The van der Waals surface area contributed by atoms with Gasteiger partial charge in [0.05, 0.1) is 28.8 Å². The number of fused-ring (bicyclic) bond motifs is 4. The third kappa shape index (κ3) is 3.23. The molecule has 1 aromatic carbocycles. The second-order valence-electron chi connectivity index (χ2n) is 9.71. The molecular formula is C22H23BrClFN4O3. The van der Waals surface area contributed by atoms with Gasteiger partial charge in [0.25, 0.3) is 0 Å². The molecule has 6 rings (SSSR count). The Bertz CT molecular complexity index is 1180. The van der Waals surface area contributed by atoms with Crippen LogP contribution in [0, 0.1) is 18.7 Å². The minimum atomic E-state index is -0.588. The lowest BCUT2D eigenvalue weighted by molar-refractivity contribution is -0.115. The Morgan fingerprint density at radius 3 is 2.81 bits per heavy atom. The maximum absolute atomic E-state index is 15.1. The predicted molar refractivity (Wildman–Crippen MR) is 124 cm³/mol. The molecule has 7 nitrogen and oxygen atoms in total. The highest BCUT2D eigenvalue weighted by Crippen LogP contribution is 2.51. The van der Waals surface area contributed by atoms with Crippen molar-refractivity contribution < 1.29 is 18.7 Å². The van der Waals surface area contributed by atoms with Crippen molar-refractivity contribution in [2.45, 2.75) is 51.8 Å². The third-order valence-electron chi connectivity index (χ3n) is 6.38. The van der Waals surface area contributed by atoms with Crippen molar-refractivity contribution in [2.75, 3.05) is 23.3 Å². The first-order chi connectivity index (χ1) is 15.0. The molecular weight excluding hydrogens is 503 g/mol. The van der Waals surface area contributed by atoms with Gasteiger partial charge in [-0.1, -0.05) is 11.6 Å². The van der Waals surface area contributed by atoms with E-state index in [0.29, 0.717) is 33.3 Å². The molecule has 2 saturated heterocycles. The molecule has 3 unspecified atom stereocenters. The largest absolute Gasteiger partial charge is 0.444 e. The molecule has 0 spiro atoms. The monoisotopic (exact) mass is 524 g/mol. The van der Waals surface area contributed by atoms with Gasteiger partial charge in [-0.3, -0.25) is 4.79 Å². The van der Waals surface area contributed by atoms with E-state index in [9.17, 15) is 9.59 Å². The van der Waals surface area contributed by atoms with E-state index in [1.165, 1.54) is 0 Å². The average Bonchev–Trinajstić information content (AvgIpc) is 3.27. The van der Waals surface area contributed by atoms with Gasteiger partial charge in [0, 0.05) is 17.8 Å². The molecule has 2 aromatic rings. The van der Waals surface area contributed by atoms with Gasteiger partial charge in [0.1, 0.15) is 16.8 Å². The van der Waals surface area contributed by atoms with E-state index >= 15 is 4.39 Å². The molecule has 32 heavy (non-hydrogen) atoms. The lowest BCUT2D eigenvalue weighted by atomic mass is 9.78. The summed E-state index contributed by atoms with van der Waals surface area (Å²) in [6.45, 7) is 7.97. The summed E-state index contributed by atoms with van der Waals surface area (Å²) in [5.74, 6) is -0.520. The number of nitrogens with zero attached hydrogens (tertiary/aromatic N) is 3. The van der Waals surface area contributed by atoms with Crippen molar-refractivity contribution in [3.05, 3.63) is 27.1 Å². The first-order valence-electron chi connectivity index (χ1n) is 10.5. The Morgan fingerprint density at radius 1 is 1.41 bits per heavy atom. The molecule has 1 aliphatic carbocycles. The molecule has 2 amide bonds. The van der Waals surface area contributed by atoms with E-state index in [0.717, 1.165) is 6.42 Å². The molecule has 3 fully saturated rings. The van der Waals surface area contributed by atoms with Crippen LogP contribution in [0.3, 0.4) is 0 Å². The van der Waals surface area contributed by atoms with Gasteiger partial charge >= 0.3 is 6.09 Å². The molecule has 4 heterocycles. The first kappa shape index (κ1) is 21.7. The zero-order chi connectivity index (χ0) is 23.1. The van der Waals surface area contributed by atoms with E-state index in [1.54, 1.807) is 11.8 Å². The number of hydrogen-bond acceptors (Lipinski definition) is 5.